The average Bonchev–Trinajstić information content (AvgIpc) is 1.88. The summed E-state index contributed by atoms with van der Waals surface area (Å²) < 4.78 is 0. The van der Waals surface area contributed by atoms with Gasteiger partial charge in [0.15, 0.2) is 0 Å². The first-order valence-electron chi connectivity index (χ1n) is 2.55. The molecule has 0 saturated carbocycles. The Morgan fingerprint density at radius 2 is 2.27 bits per heavy atom. The number of hydrogen-bond donors (Lipinski definition) is 1. The molecule has 0 heterocycles. The molecule has 0 amide bonds. The molecule has 0 aliphatic carbocycles. The van der Waals surface area contributed by atoms with Gasteiger partial charge in [-0.05, 0) is 0 Å². The molecule has 0 bridgehead atoms. The average molecular weight is 194 g/mol. The van der Waals surface area contributed by atoms with Crippen LogP contribution in [0.25, 0.3) is 0 Å². The fraction of sp³-hybridized carbons (Fsp3) is 0. The minimum atomic E-state index is -0.661. The van der Waals surface area contributed by atoms with E-state index in [-0.39, 0.29) is 28.5 Å². The predicted octanol–water partition coefficient (Wildman–Crippen LogP) is 1.10. The third kappa shape index (κ3) is 2.22. The Balaban J connectivity index is 0.000001000. The first-order valence-corrected chi connectivity index (χ1v) is 2.55. The van der Waals surface area contributed by atoms with E-state index in [0.29, 0.717) is 0 Å². The second-order valence-electron chi connectivity index (χ2n) is 1.67. The molecule has 4 nitrogen and oxygen atoms in total. The molecule has 0 aromatic heterocycles. The van der Waals surface area contributed by atoms with Gasteiger partial charge in [0.25, 0.3) is 0 Å². The van der Waals surface area contributed by atoms with Crippen LogP contribution in [0.1, 0.15) is 0 Å². The van der Waals surface area contributed by atoms with Gasteiger partial charge in [0.2, 0.25) is 5.69 Å². The van der Waals surface area contributed by atoms with Gasteiger partial charge in [0.05, 0.1) is 5.75 Å². The van der Waals surface area contributed by atoms with Crippen LogP contribution in [0.15, 0.2) is 18.2 Å². The van der Waals surface area contributed by atoms with Gasteiger partial charge in [-0.2, -0.15) is 12.1 Å². The van der Waals surface area contributed by atoms with Gasteiger partial charge in [-0.15, -0.1) is 6.07 Å². The first kappa shape index (κ1) is 9.94. The maximum Gasteiger partial charge on any atom is 0.203 e. The molecule has 0 spiro atoms. The number of aromatic hydroxyl groups is 1. The molecular formula is C6H4FeNO3-. The number of phenols is 1. The van der Waals surface area contributed by atoms with Crippen LogP contribution >= 0.6 is 0 Å². The van der Waals surface area contributed by atoms with Crippen molar-refractivity contribution in [2.75, 3.05) is 0 Å². The van der Waals surface area contributed by atoms with E-state index in [1.165, 1.54) is 12.1 Å². The number of phenolic OH excluding ortho intramolecular Hbond substituents is 1. The van der Waals surface area contributed by atoms with Crippen molar-refractivity contribution < 1.29 is 27.1 Å². The zero-order valence-corrected chi connectivity index (χ0v) is 6.40. The van der Waals surface area contributed by atoms with Gasteiger partial charge >= 0.3 is 0 Å². The van der Waals surface area contributed by atoms with Crippen molar-refractivity contribution in [2.24, 2.45) is 0 Å². The first-order chi connectivity index (χ1) is 4.72. The van der Waals surface area contributed by atoms with Crippen LogP contribution in [0.2, 0.25) is 0 Å². The minimum Gasteiger partial charge on any atom is -0.527 e. The van der Waals surface area contributed by atoms with Gasteiger partial charge in [0, 0.05) is 22.0 Å². The van der Waals surface area contributed by atoms with Crippen molar-refractivity contribution in [3.63, 3.8) is 0 Å². The summed E-state index contributed by atoms with van der Waals surface area (Å²) in [6.07, 6.45) is 0. The number of nitrogens with zero attached hydrogens (tertiary/aromatic N) is 1. The molecule has 0 aliphatic rings. The summed E-state index contributed by atoms with van der Waals surface area (Å²) in [5.74, 6) is -0.330. The molecule has 1 aromatic rings. The van der Waals surface area contributed by atoms with Crippen molar-refractivity contribution >= 4 is 5.69 Å². The van der Waals surface area contributed by atoms with E-state index in [1.807, 2.05) is 0 Å². The van der Waals surface area contributed by atoms with Gasteiger partial charge in [0.1, 0.15) is 0 Å². The zero-order valence-electron chi connectivity index (χ0n) is 5.30. The van der Waals surface area contributed by atoms with Crippen LogP contribution in [0.5, 0.6) is 5.75 Å². The smallest absolute Gasteiger partial charge is 0.203 e. The molecule has 5 heteroatoms. The molecular weight excluding hydrogens is 190 g/mol. The van der Waals surface area contributed by atoms with Crippen LogP contribution in [0.3, 0.4) is 0 Å². The normalized spacial score (nSPS) is 8.36. The molecule has 11 heavy (non-hydrogen) atoms. The summed E-state index contributed by atoms with van der Waals surface area (Å²) in [7, 11) is 0. The van der Waals surface area contributed by atoms with E-state index in [0.717, 1.165) is 6.07 Å². The SMILES string of the molecule is O=[N+]([O-])c1c[c-]ccc1O.[Fe]. The van der Waals surface area contributed by atoms with Crippen molar-refractivity contribution in [3.8, 4) is 5.75 Å². The second kappa shape index (κ2) is 3.95. The molecule has 0 aliphatic heterocycles. The Morgan fingerprint density at radius 1 is 1.64 bits per heavy atom. The van der Waals surface area contributed by atoms with Crippen LogP contribution < -0.4 is 0 Å². The van der Waals surface area contributed by atoms with Gasteiger partial charge in [-0.1, -0.05) is 6.07 Å². The Hall–Kier alpha value is -1.06. The van der Waals surface area contributed by atoms with Gasteiger partial charge < -0.3 is 5.11 Å². The second-order valence-corrected chi connectivity index (χ2v) is 1.67. The summed E-state index contributed by atoms with van der Waals surface area (Å²) >= 11 is 0. The van der Waals surface area contributed by atoms with E-state index >= 15 is 0 Å². The van der Waals surface area contributed by atoms with Crippen molar-refractivity contribution in [1.29, 1.82) is 0 Å². The van der Waals surface area contributed by atoms with Crippen LogP contribution in [-0.2, 0) is 17.1 Å². The maximum atomic E-state index is 10.0. The molecule has 60 valence electrons. The maximum absolute atomic E-state index is 10.0. The Labute approximate surface area is 73.5 Å². The van der Waals surface area contributed by atoms with E-state index in [4.69, 9.17) is 5.11 Å². The molecule has 0 radical (unpaired) electrons. The van der Waals surface area contributed by atoms with E-state index < -0.39 is 4.92 Å². The summed E-state index contributed by atoms with van der Waals surface area (Å²) in [5, 5.41) is 18.9. The molecule has 1 rings (SSSR count). The summed E-state index contributed by atoms with van der Waals surface area (Å²) in [4.78, 5) is 9.39. The number of nitro groups is 1. The zero-order chi connectivity index (χ0) is 7.56. The Bertz CT molecular complexity index is 264. The van der Waals surface area contributed by atoms with Crippen molar-refractivity contribution in [1.82, 2.24) is 0 Å². The molecule has 0 unspecified atom stereocenters. The van der Waals surface area contributed by atoms with Crippen molar-refractivity contribution in [3.05, 3.63) is 34.4 Å². The van der Waals surface area contributed by atoms with E-state index in [2.05, 4.69) is 6.07 Å². The van der Waals surface area contributed by atoms with E-state index in [1.54, 1.807) is 0 Å². The van der Waals surface area contributed by atoms with Crippen molar-refractivity contribution in [2.45, 2.75) is 0 Å². The molecule has 0 saturated heterocycles. The molecule has 1 N–H and O–H groups in total. The molecule has 1 aromatic carbocycles. The van der Waals surface area contributed by atoms with Crippen LogP contribution in [-0.4, -0.2) is 10.0 Å². The third-order valence-electron chi connectivity index (χ3n) is 1.02. The summed E-state index contributed by atoms with van der Waals surface area (Å²) in [5.41, 5.74) is -0.317. The monoisotopic (exact) mass is 194 g/mol. The third-order valence-corrected chi connectivity index (χ3v) is 1.02. The topological polar surface area (TPSA) is 63.4 Å². The Morgan fingerprint density at radius 3 is 2.64 bits per heavy atom. The standard InChI is InChI=1S/C6H4NO3.Fe/c8-6-4-2-1-3-5(6)7(9)10;/h2-4,8H;/q-1;. The van der Waals surface area contributed by atoms with Gasteiger partial charge in [-0.25, -0.2) is 0 Å². The number of hydrogen-bond acceptors (Lipinski definition) is 3. The quantitative estimate of drug-likeness (QED) is 0.315. The Kier molecular flexibility index (Phi) is 3.57. The van der Waals surface area contributed by atoms with Crippen LogP contribution in [0.4, 0.5) is 5.69 Å². The fourth-order valence-corrected chi connectivity index (χ4v) is 0.560. The minimum absolute atomic E-state index is 0. The largest absolute Gasteiger partial charge is 0.527 e. The predicted molar refractivity (Wildman–Crippen MR) is 33.6 cm³/mol. The molecule has 0 atom stereocenters. The number of nitro benzene ring substituents is 1. The molecule has 0 fully saturated rings. The number of benzene rings is 1. The number of rotatable bonds is 1. The summed E-state index contributed by atoms with van der Waals surface area (Å²) in [6, 6.07) is 6.23. The van der Waals surface area contributed by atoms with E-state index in [9.17, 15) is 10.1 Å². The summed E-state index contributed by atoms with van der Waals surface area (Å²) in [6.45, 7) is 0. The van der Waals surface area contributed by atoms with Crippen LogP contribution in [0, 0.1) is 16.2 Å². The fourth-order valence-electron chi connectivity index (χ4n) is 0.560. The van der Waals surface area contributed by atoms with Gasteiger partial charge in [-0.3, -0.25) is 10.1 Å².